The molecular formula is C14H17FN4O3S. The first-order chi connectivity index (χ1) is 10.7. The minimum absolute atomic E-state index is 0.174. The molecule has 0 fully saturated rings. The van der Waals surface area contributed by atoms with Crippen molar-refractivity contribution in [1.29, 1.82) is 0 Å². The molecule has 7 nitrogen and oxygen atoms in total. The number of hydrogen-bond acceptors (Lipinski definition) is 4. The molecule has 0 aliphatic heterocycles. The van der Waals surface area contributed by atoms with Gasteiger partial charge in [0.25, 0.3) is 0 Å². The van der Waals surface area contributed by atoms with E-state index in [2.05, 4.69) is 20.2 Å². The molecule has 1 atom stereocenters. The minimum atomic E-state index is -3.50. The molecule has 9 heteroatoms. The van der Waals surface area contributed by atoms with E-state index in [1.807, 2.05) is 6.92 Å². The van der Waals surface area contributed by atoms with Crippen LogP contribution in [0.2, 0.25) is 0 Å². The predicted octanol–water partition coefficient (Wildman–Crippen LogP) is 1.40. The number of nitrogens with zero attached hydrogens (tertiary/aromatic N) is 1. The zero-order valence-corrected chi connectivity index (χ0v) is 13.7. The summed E-state index contributed by atoms with van der Waals surface area (Å²) in [5.41, 5.74) is 1.62. The predicted molar refractivity (Wildman–Crippen MR) is 84.8 cm³/mol. The third-order valence-electron chi connectivity index (χ3n) is 3.03. The Labute approximate surface area is 133 Å². The van der Waals surface area contributed by atoms with Crippen molar-refractivity contribution in [2.75, 3.05) is 11.6 Å². The maximum Gasteiger partial charge on any atom is 0.243 e. The second kappa shape index (κ2) is 6.47. The van der Waals surface area contributed by atoms with Gasteiger partial charge >= 0.3 is 0 Å². The van der Waals surface area contributed by atoms with Crippen LogP contribution >= 0.6 is 0 Å². The van der Waals surface area contributed by atoms with Crippen LogP contribution in [0.1, 0.15) is 12.5 Å². The third-order valence-corrected chi connectivity index (χ3v) is 3.81. The number of amides is 1. The summed E-state index contributed by atoms with van der Waals surface area (Å²) in [6.45, 7) is 3.24. The fourth-order valence-electron chi connectivity index (χ4n) is 1.98. The van der Waals surface area contributed by atoms with Gasteiger partial charge in [-0.05, 0) is 26.0 Å². The number of anilines is 1. The number of carbonyl (C=O) groups excluding carboxylic acids is 1. The quantitative estimate of drug-likeness (QED) is 0.765. The average molecular weight is 340 g/mol. The Morgan fingerprint density at radius 1 is 1.35 bits per heavy atom. The first-order valence-electron chi connectivity index (χ1n) is 6.76. The number of H-pyrrole nitrogens is 1. The topological polar surface area (TPSA) is 104 Å². The molecule has 0 saturated heterocycles. The average Bonchev–Trinajstić information content (AvgIpc) is 2.88. The Hall–Kier alpha value is -2.26. The van der Waals surface area contributed by atoms with Gasteiger partial charge in [-0.15, -0.1) is 0 Å². The summed E-state index contributed by atoms with van der Waals surface area (Å²) in [6.07, 6.45) is 0.962. The van der Waals surface area contributed by atoms with Crippen LogP contribution in [0.5, 0.6) is 0 Å². The number of hydrogen-bond donors (Lipinski definition) is 3. The van der Waals surface area contributed by atoms with E-state index in [1.165, 1.54) is 19.1 Å². The van der Waals surface area contributed by atoms with Crippen molar-refractivity contribution in [2.45, 2.75) is 19.9 Å². The minimum Gasteiger partial charge on any atom is -0.308 e. The first-order valence-corrected chi connectivity index (χ1v) is 8.65. The van der Waals surface area contributed by atoms with Crippen LogP contribution in [0.15, 0.2) is 24.3 Å². The molecule has 2 rings (SSSR count). The van der Waals surface area contributed by atoms with E-state index in [1.54, 1.807) is 12.1 Å². The summed E-state index contributed by atoms with van der Waals surface area (Å²) in [5, 5.41) is 8.98. The summed E-state index contributed by atoms with van der Waals surface area (Å²) in [7, 11) is -3.50. The molecule has 0 aliphatic carbocycles. The van der Waals surface area contributed by atoms with Crippen molar-refractivity contribution in [1.82, 2.24) is 14.9 Å². The Bertz CT molecular complexity index is 832. The van der Waals surface area contributed by atoms with Crippen molar-refractivity contribution in [2.24, 2.45) is 0 Å². The molecule has 0 bridgehead atoms. The van der Waals surface area contributed by atoms with Gasteiger partial charge in [-0.1, -0.05) is 11.6 Å². The summed E-state index contributed by atoms with van der Waals surface area (Å²) in [4.78, 5) is 11.9. The summed E-state index contributed by atoms with van der Waals surface area (Å²) < 4.78 is 38.2. The first kappa shape index (κ1) is 17.1. The summed E-state index contributed by atoms with van der Waals surface area (Å²) in [6, 6.07) is 5.17. The van der Waals surface area contributed by atoms with Crippen LogP contribution in [-0.2, 0) is 14.8 Å². The second-order valence-electron chi connectivity index (χ2n) is 5.25. The zero-order chi connectivity index (χ0) is 17.2. The molecule has 0 spiro atoms. The van der Waals surface area contributed by atoms with Gasteiger partial charge in [-0.25, -0.2) is 17.5 Å². The molecule has 0 saturated carbocycles. The lowest BCUT2D eigenvalue weighted by Crippen LogP contribution is -2.41. The fraction of sp³-hybridized carbons (Fsp3) is 0.286. The van der Waals surface area contributed by atoms with E-state index >= 15 is 0 Å². The van der Waals surface area contributed by atoms with Gasteiger partial charge in [0.15, 0.2) is 5.82 Å². The molecule has 1 aromatic carbocycles. The number of halogens is 1. The van der Waals surface area contributed by atoms with Crippen LogP contribution in [0.25, 0.3) is 11.3 Å². The number of benzene rings is 1. The lowest BCUT2D eigenvalue weighted by atomic mass is 10.1. The van der Waals surface area contributed by atoms with E-state index in [-0.39, 0.29) is 5.82 Å². The highest BCUT2D eigenvalue weighted by Gasteiger charge is 2.18. The molecule has 1 unspecified atom stereocenters. The van der Waals surface area contributed by atoms with Crippen molar-refractivity contribution < 1.29 is 17.6 Å². The molecule has 1 aromatic heterocycles. The Balaban J connectivity index is 2.14. The standard InChI is InChI=1S/C14H17FN4O3S/c1-8-4-5-11(15)10(6-8)12-7-13(18-17-12)16-14(20)9(2)19-23(3,21)22/h4-7,9,19H,1-3H3,(H2,16,17,18,20). The van der Waals surface area contributed by atoms with Crippen LogP contribution in [-0.4, -0.2) is 36.8 Å². The molecule has 23 heavy (non-hydrogen) atoms. The van der Waals surface area contributed by atoms with Gasteiger partial charge in [0.05, 0.1) is 18.0 Å². The van der Waals surface area contributed by atoms with E-state index in [9.17, 15) is 17.6 Å². The van der Waals surface area contributed by atoms with Crippen molar-refractivity contribution in [3.63, 3.8) is 0 Å². The fourth-order valence-corrected chi connectivity index (χ4v) is 2.73. The third kappa shape index (κ3) is 4.60. The molecule has 0 aliphatic rings. The largest absolute Gasteiger partial charge is 0.308 e. The highest BCUT2D eigenvalue weighted by Crippen LogP contribution is 2.24. The van der Waals surface area contributed by atoms with Gasteiger partial charge in [0, 0.05) is 11.6 Å². The molecule has 2 aromatic rings. The SMILES string of the molecule is Cc1ccc(F)c(-c2cc(NC(=O)C(C)NS(C)(=O)=O)n[nH]2)c1. The lowest BCUT2D eigenvalue weighted by Gasteiger charge is -2.10. The molecular weight excluding hydrogens is 323 g/mol. The molecule has 1 amide bonds. The summed E-state index contributed by atoms with van der Waals surface area (Å²) >= 11 is 0. The van der Waals surface area contributed by atoms with Crippen LogP contribution in [0, 0.1) is 12.7 Å². The van der Waals surface area contributed by atoms with E-state index < -0.39 is 27.8 Å². The van der Waals surface area contributed by atoms with Gasteiger partial charge in [-0.2, -0.15) is 5.10 Å². The molecule has 124 valence electrons. The number of nitrogens with one attached hydrogen (secondary N) is 3. The van der Waals surface area contributed by atoms with Crippen LogP contribution in [0.3, 0.4) is 0 Å². The van der Waals surface area contributed by atoms with Crippen molar-refractivity contribution >= 4 is 21.7 Å². The monoisotopic (exact) mass is 340 g/mol. The number of aromatic amines is 1. The van der Waals surface area contributed by atoms with E-state index in [4.69, 9.17) is 0 Å². The van der Waals surface area contributed by atoms with Crippen LogP contribution < -0.4 is 10.0 Å². The Morgan fingerprint density at radius 3 is 2.70 bits per heavy atom. The number of carbonyl (C=O) groups is 1. The summed E-state index contributed by atoms with van der Waals surface area (Å²) in [5.74, 6) is -0.810. The van der Waals surface area contributed by atoms with Gasteiger partial charge in [-0.3, -0.25) is 9.89 Å². The smallest absolute Gasteiger partial charge is 0.243 e. The van der Waals surface area contributed by atoms with E-state index in [0.717, 1.165) is 11.8 Å². The van der Waals surface area contributed by atoms with Crippen molar-refractivity contribution in [3.05, 3.63) is 35.6 Å². The maximum absolute atomic E-state index is 13.8. The number of sulfonamides is 1. The number of aromatic nitrogens is 2. The second-order valence-corrected chi connectivity index (χ2v) is 7.03. The van der Waals surface area contributed by atoms with Gasteiger partial charge < -0.3 is 5.32 Å². The number of aryl methyl sites for hydroxylation is 1. The molecule has 1 heterocycles. The normalized spacial score (nSPS) is 12.9. The van der Waals surface area contributed by atoms with Gasteiger partial charge in [0.1, 0.15) is 5.82 Å². The molecule has 0 radical (unpaired) electrons. The number of rotatable bonds is 5. The van der Waals surface area contributed by atoms with Crippen LogP contribution in [0.4, 0.5) is 10.2 Å². The highest BCUT2D eigenvalue weighted by atomic mass is 32.2. The van der Waals surface area contributed by atoms with Crippen molar-refractivity contribution in [3.8, 4) is 11.3 Å². The van der Waals surface area contributed by atoms with E-state index in [0.29, 0.717) is 11.3 Å². The Morgan fingerprint density at radius 2 is 2.04 bits per heavy atom. The lowest BCUT2D eigenvalue weighted by molar-refractivity contribution is -0.117. The zero-order valence-electron chi connectivity index (χ0n) is 12.8. The van der Waals surface area contributed by atoms with Gasteiger partial charge in [0.2, 0.25) is 15.9 Å². The Kier molecular flexibility index (Phi) is 4.81. The maximum atomic E-state index is 13.8. The highest BCUT2D eigenvalue weighted by molar-refractivity contribution is 7.88. The molecule has 3 N–H and O–H groups in total.